The summed E-state index contributed by atoms with van der Waals surface area (Å²) >= 11 is 0. The highest BCUT2D eigenvalue weighted by Gasteiger charge is 2.34. The van der Waals surface area contributed by atoms with Crippen molar-refractivity contribution in [1.82, 2.24) is 15.1 Å². The molecular weight excluding hydrogens is 174 g/mol. The first-order valence-corrected chi connectivity index (χ1v) is 5.80. The monoisotopic (exact) mass is 197 g/mol. The number of piperidine rings is 1. The van der Waals surface area contributed by atoms with Crippen LogP contribution in [-0.4, -0.2) is 62.2 Å². The summed E-state index contributed by atoms with van der Waals surface area (Å²) in [5.41, 5.74) is 0. The number of rotatable bonds is 0. The van der Waals surface area contributed by atoms with E-state index >= 15 is 0 Å². The van der Waals surface area contributed by atoms with Gasteiger partial charge in [0.2, 0.25) is 0 Å². The molecule has 0 aromatic heterocycles. The van der Waals surface area contributed by atoms with Gasteiger partial charge >= 0.3 is 0 Å². The Morgan fingerprint density at radius 3 is 2.79 bits per heavy atom. The zero-order valence-corrected chi connectivity index (χ0v) is 9.66. The van der Waals surface area contributed by atoms with Gasteiger partial charge in [-0.25, -0.2) is 0 Å². The van der Waals surface area contributed by atoms with Crippen LogP contribution in [-0.2, 0) is 0 Å². The molecule has 2 saturated heterocycles. The lowest BCUT2D eigenvalue weighted by atomic mass is 9.87. The summed E-state index contributed by atoms with van der Waals surface area (Å²) in [6.45, 7) is 7.24. The minimum Gasteiger partial charge on any atom is -0.312 e. The van der Waals surface area contributed by atoms with E-state index < -0.39 is 0 Å². The van der Waals surface area contributed by atoms with E-state index in [1.54, 1.807) is 0 Å². The molecule has 3 nitrogen and oxygen atoms in total. The predicted octanol–water partition coefficient (Wildman–Crippen LogP) is 0.230. The van der Waals surface area contributed by atoms with E-state index in [-0.39, 0.29) is 0 Å². The predicted molar refractivity (Wildman–Crippen MR) is 59.5 cm³/mol. The molecule has 2 aliphatic heterocycles. The minimum atomic E-state index is 0.720. The number of fused-ring (bicyclic) bond motifs is 1. The molecule has 0 amide bonds. The summed E-state index contributed by atoms with van der Waals surface area (Å²) in [5.74, 6) is 0.807. The lowest BCUT2D eigenvalue weighted by molar-refractivity contribution is 0.111. The highest BCUT2D eigenvalue weighted by molar-refractivity contribution is 4.92. The number of nitrogens with one attached hydrogen (secondary N) is 1. The Morgan fingerprint density at radius 2 is 2.00 bits per heavy atom. The van der Waals surface area contributed by atoms with Crippen molar-refractivity contribution < 1.29 is 0 Å². The van der Waals surface area contributed by atoms with Gasteiger partial charge in [0.05, 0.1) is 0 Å². The number of likely N-dealkylation sites (tertiary alicyclic amines) is 1. The smallest absolute Gasteiger partial charge is 0.0135 e. The molecule has 0 aromatic rings. The maximum Gasteiger partial charge on any atom is 0.0135 e. The summed E-state index contributed by atoms with van der Waals surface area (Å²) in [6, 6.07) is 1.48. The average molecular weight is 197 g/mol. The second-order valence-electron chi connectivity index (χ2n) is 5.00. The van der Waals surface area contributed by atoms with Crippen LogP contribution in [0.25, 0.3) is 0 Å². The largest absolute Gasteiger partial charge is 0.312 e. The number of hydrogen-bond acceptors (Lipinski definition) is 3. The summed E-state index contributed by atoms with van der Waals surface area (Å²) in [7, 11) is 4.50. The topological polar surface area (TPSA) is 18.5 Å². The van der Waals surface area contributed by atoms with Crippen LogP contribution in [0.5, 0.6) is 0 Å². The highest BCUT2D eigenvalue weighted by Crippen LogP contribution is 2.23. The second-order valence-corrected chi connectivity index (χ2v) is 5.00. The van der Waals surface area contributed by atoms with Gasteiger partial charge < -0.3 is 15.1 Å². The van der Waals surface area contributed by atoms with E-state index in [2.05, 4.69) is 36.1 Å². The maximum absolute atomic E-state index is 3.70. The molecule has 0 aliphatic carbocycles. The van der Waals surface area contributed by atoms with Gasteiger partial charge in [-0.05, 0) is 34.0 Å². The number of likely N-dealkylation sites (N-methyl/N-ethyl adjacent to an activating group) is 1. The Morgan fingerprint density at radius 1 is 1.21 bits per heavy atom. The third-order valence-corrected chi connectivity index (χ3v) is 4.05. The minimum absolute atomic E-state index is 0.720. The average Bonchev–Trinajstić information content (AvgIpc) is 2.30. The first-order chi connectivity index (χ1) is 6.68. The summed E-state index contributed by atoms with van der Waals surface area (Å²) in [4.78, 5) is 4.97. The normalized spacial score (nSPS) is 41.8. The van der Waals surface area contributed by atoms with E-state index in [1.807, 2.05) is 0 Å². The van der Waals surface area contributed by atoms with Crippen molar-refractivity contribution in [3.05, 3.63) is 0 Å². The molecule has 14 heavy (non-hydrogen) atoms. The molecule has 0 radical (unpaired) electrons. The van der Waals surface area contributed by atoms with Crippen LogP contribution in [0, 0.1) is 5.92 Å². The van der Waals surface area contributed by atoms with Gasteiger partial charge in [0, 0.05) is 37.6 Å². The Hall–Kier alpha value is -0.120. The highest BCUT2D eigenvalue weighted by atomic mass is 15.2. The van der Waals surface area contributed by atoms with E-state index in [9.17, 15) is 0 Å². The molecular formula is C11H23N3. The van der Waals surface area contributed by atoms with Crippen molar-refractivity contribution in [2.75, 3.05) is 40.3 Å². The van der Waals surface area contributed by atoms with Crippen LogP contribution in [0.1, 0.15) is 13.3 Å². The maximum atomic E-state index is 3.70. The summed E-state index contributed by atoms with van der Waals surface area (Å²) in [5, 5.41) is 3.70. The zero-order chi connectivity index (χ0) is 10.1. The fraction of sp³-hybridized carbons (Fsp3) is 1.00. The molecule has 2 heterocycles. The van der Waals surface area contributed by atoms with Gasteiger partial charge in [0.25, 0.3) is 0 Å². The first-order valence-electron chi connectivity index (χ1n) is 5.80. The third-order valence-electron chi connectivity index (χ3n) is 4.05. The van der Waals surface area contributed by atoms with Gasteiger partial charge in [-0.2, -0.15) is 0 Å². The van der Waals surface area contributed by atoms with Gasteiger partial charge in [-0.3, -0.25) is 0 Å². The van der Waals surface area contributed by atoms with E-state index in [4.69, 9.17) is 0 Å². The van der Waals surface area contributed by atoms with Crippen molar-refractivity contribution in [3.8, 4) is 0 Å². The standard InChI is InChI=1S/C11H23N3/c1-9-10-8-13(2)6-4-11(10)12-5-7-14(9)3/h9-12H,4-8H2,1-3H3/t9-,10-,11?/m0/s1. The van der Waals surface area contributed by atoms with Crippen molar-refractivity contribution in [2.24, 2.45) is 5.92 Å². The van der Waals surface area contributed by atoms with E-state index in [0.717, 1.165) is 24.5 Å². The van der Waals surface area contributed by atoms with Crippen LogP contribution < -0.4 is 5.32 Å². The van der Waals surface area contributed by atoms with Crippen LogP contribution in [0.3, 0.4) is 0 Å². The molecule has 82 valence electrons. The summed E-state index contributed by atoms with van der Waals surface area (Å²) < 4.78 is 0. The molecule has 2 fully saturated rings. The van der Waals surface area contributed by atoms with Gasteiger partial charge in [0.1, 0.15) is 0 Å². The van der Waals surface area contributed by atoms with Crippen molar-refractivity contribution >= 4 is 0 Å². The Bertz CT molecular complexity index is 191. The number of nitrogens with zero attached hydrogens (tertiary/aromatic N) is 2. The fourth-order valence-electron chi connectivity index (χ4n) is 2.85. The molecule has 0 aromatic carbocycles. The third kappa shape index (κ3) is 1.95. The van der Waals surface area contributed by atoms with Crippen LogP contribution in [0.15, 0.2) is 0 Å². The molecule has 2 rings (SSSR count). The van der Waals surface area contributed by atoms with Gasteiger partial charge in [-0.15, -0.1) is 0 Å². The summed E-state index contributed by atoms with van der Waals surface area (Å²) in [6.07, 6.45) is 1.32. The Labute approximate surface area is 87.4 Å². The van der Waals surface area contributed by atoms with Crippen LogP contribution in [0.4, 0.5) is 0 Å². The Balaban J connectivity index is 2.08. The molecule has 0 spiro atoms. The fourth-order valence-corrected chi connectivity index (χ4v) is 2.85. The first kappa shape index (κ1) is 10.4. The van der Waals surface area contributed by atoms with Crippen LogP contribution in [0.2, 0.25) is 0 Å². The second kappa shape index (κ2) is 4.17. The lowest BCUT2D eigenvalue weighted by Gasteiger charge is -2.40. The Kier molecular flexibility index (Phi) is 3.10. The zero-order valence-electron chi connectivity index (χ0n) is 9.66. The van der Waals surface area contributed by atoms with Crippen molar-refractivity contribution in [1.29, 1.82) is 0 Å². The molecule has 0 bridgehead atoms. The van der Waals surface area contributed by atoms with Crippen molar-refractivity contribution in [2.45, 2.75) is 25.4 Å². The van der Waals surface area contributed by atoms with E-state index in [1.165, 1.54) is 26.1 Å². The number of hydrogen-bond donors (Lipinski definition) is 1. The molecule has 1 unspecified atom stereocenters. The quantitative estimate of drug-likeness (QED) is 0.600. The molecule has 3 heteroatoms. The SMILES string of the molecule is C[C@H]1[C@@H]2CN(C)CCC2NCCN1C. The van der Waals surface area contributed by atoms with E-state index in [0.29, 0.717) is 0 Å². The van der Waals surface area contributed by atoms with Crippen LogP contribution >= 0.6 is 0 Å². The molecule has 2 aliphatic rings. The molecule has 0 saturated carbocycles. The van der Waals surface area contributed by atoms with Crippen molar-refractivity contribution in [3.63, 3.8) is 0 Å². The molecule has 3 atom stereocenters. The van der Waals surface area contributed by atoms with Gasteiger partial charge in [-0.1, -0.05) is 0 Å². The van der Waals surface area contributed by atoms with Gasteiger partial charge in [0.15, 0.2) is 0 Å². The lowest BCUT2D eigenvalue weighted by Crippen LogP contribution is -2.52. The molecule has 1 N–H and O–H groups in total.